The van der Waals surface area contributed by atoms with Crippen LogP contribution in [0.2, 0.25) is 0 Å². The van der Waals surface area contributed by atoms with Crippen LogP contribution in [0.3, 0.4) is 0 Å². The first-order valence-corrected chi connectivity index (χ1v) is 9.05. The van der Waals surface area contributed by atoms with Crippen molar-refractivity contribution in [1.29, 1.82) is 0 Å². The summed E-state index contributed by atoms with van der Waals surface area (Å²) in [7, 11) is 0. The fourth-order valence-corrected chi connectivity index (χ4v) is 4.70. The number of likely N-dealkylation sites (tertiary alicyclic amines) is 1. The second-order valence-corrected chi connectivity index (χ2v) is 7.41. The molecule has 0 atom stereocenters. The Balaban J connectivity index is 1.77. The predicted molar refractivity (Wildman–Crippen MR) is 89.8 cm³/mol. The zero-order valence-electron chi connectivity index (χ0n) is 13.3. The van der Waals surface area contributed by atoms with Crippen molar-refractivity contribution in [2.24, 2.45) is 0 Å². The van der Waals surface area contributed by atoms with Crippen molar-refractivity contribution < 1.29 is 14.0 Å². The van der Waals surface area contributed by atoms with E-state index in [2.05, 4.69) is 0 Å². The van der Waals surface area contributed by atoms with E-state index in [1.807, 2.05) is 16.7 Å². The molecule has 4 nitrogen and oxygen atoms in total. The minimum Gasteiger partial charge on any atom is -0.342 e. The number of anilines is 1. The van der Waals surface area contributed by atoms with Crippen molar-refractivity contribution in [3.63, 3.8) is 0 Å². The number of halogens is 1. The number of rotatable bonds is 3. The first-order valence-electron chi connectivity index (χ1n) is 8.06. The molecule has 2 saturated heterocycles. The lowest BCUT2D eigenvalue weighted by atomic mass is 10.0. The highest BCUT2D eigenvalue weighted by Gasteiger charge is 2.48. The molecule has 2 aliphatic rings. The van der Waals surface area contributed by atoms with Crippen LogP contribution in [-0.2, 0) is 9.59 Å². The van der Waals surface area contributed by atoms with Gasteiger partial charge in [-0.1, -0.05) is 6.92 Å². The lowest BCUT2D eigenvalue weighted by Crippen LogP contribution is -2.53. The average molecular weight is 336 g/mol. The first kappa shape index (κ1) is 16.3. The number of piperidine rings is 1. The fourth-order valence-electron chi connectivity index (χ4n) is 3.37. The molecule has 2 aliphatic heterocycles. The summed E-state index contributed by atoms with van der Waals surface area (Å²) in [5.74, 6) is 0.405. The summed E-state index contributed by atoms with van der Waals surface area (Å²) in [4.78, 5) is 27.9. The van der Waals surface area contributed by atoms with E-state index in [1.165, 1.54) is 12.1 Å². The van der Waals surface area contributed by atoms with E-state index in [4.69, 9.17) is 0 Å². The normalized spacial score (nSPS) is 20.3. The fraction of sp³-hybridized carbons (Fsp3) is 0.529. The molecule has 0 aromatic heterocycles. The topological polar surface area (TPSA) is 40.6 Å². The van der Waals surface area contributed by atoms with Crippen LogP contribution in [0.5, 0.6) is 0 Å². The molecule has 0 radical (unpaired) electrons. The van der Waals surface area contributed by atoms with Crippen molar-refractivity contribution in [2.45, 2.75) is 37.5 Å². The molecular weight excluding hydrogens is 315 g/mol. The number of benzene rings is 1. The van der Waals surface area contributed by atoms with Gasteiger partial charge in [0.2, 0.25) is 11.8 Å². The monoisotopic (exact) mass is 336 g/mol. The van der Waals surface area contributed by atoms with Crippen molar-refractivity contribution in [3.8, 4) is 0 Å². The molecule has 124 valence electrons. The Hall–Kier alpha value is -1.56. The smallest absolute Gasteiger partial charge is 0.238 e. The highest BCUT2D eigenvalue weighted by Crippen LogP contribution is 2.46. The van der Waals surface area contributed by atoms with Gasteiger partial charge in [0.1, 0.15) is 5.82 Å². The van der Waals surface area contributed by atoms with Crippen LogP contribution < -0.4 is 4.90 Å². The van der Waals surface area contributed by atoms with Crippen LogP contribution in [0, 0.1) is 5.82 Å². The van der Waals surface area contributed by atoms with E-state index in [0.717, 1.165) is 24.9 Å². The maximum atomic E-state index is 13.2. The maximum Gasteiger partial charge on any atom is 0.238 e. The van der Waals surface area contributed by atoms with Gasteiger partial charge in [-0.05, 0) is 43.5 Å². The van der Waals surface area contributed by atoms with Crippen LogP contribution >= 0.6 is 11.8 Å². The molecule has 0 saturated carbocycles. The summed E-state index contributed by atoms with van der Waals surface area (Å²) >= 11 is 1.65. The number of hydrogen-bond acceptors (Lipinski definition) is 3. The SMILES string of the molecule is CCCC(=O)N1CCC2(CC1)SCC(=O)N2c1ccc(F)cc1. The first-order chi connectivity index (χ1) is 11.1. The Morgan fingerprint density at radius 3 is 2.52 bits per heavy atom. The molecule has 1 spiro atoms. The summed E-state index contributed by atoms with van der Waals surface area (Å²) in [6.45, 7) is 3.36. The Morgan fingerprint density at radius 1 is 1.26 bits per heavy atom. The van der Waals surface area contributed by atoms with Gasteiger partial charge in [0.05, 0.1) is 10.6 Å². The third-order valence-electron chi connectivity index (χ3n) is 4.57. The third-order valence-corrected chi connectivity index (χ3v) is 6.09. The zero-order valence-corrected chi connectivity index (χ0v) is 14.1. The molecule has 2 heterocycles. The lowest BCUT2D eigenvalue weighted by Gasteiger charge is -2.44. The van der Waals surface area contributed by atoms with Gasteiger partial charge in [-0.25, -0.2) is 4.39 Å². The van der Waals surface area contributed by atoms with Crippen LogP contribution in [0.25, 0.3) is 0 Å². The van der Waals surface area contributed by atoms with E-state index in [9.17, 15) is 14.0 Å². The molecule has 3 rings (SSSR count). The second kappa shape index (κ2) is 6.51. The molecule has 0 N–H and O–H groups in total. The standard InChI is InChI=1S/C17H21FN2O2S/c1-2-3-15(21)19-10-8-17(9-11-19)20(16(22)12-23-17)14-6-4-13(18)5-7-14/h4-7H,2-3,8-12H2,1H3. The van der Waals surface area contributed by atoms with Crippen LogP contribution in [-0.4, -0.2) is 40.4 Å². The van der Waals surface area contributed by atoms with E-state index in [-0.39, 0.29) is 22.5 Å². The lowest BCUT2D eigenvalue weighted by molar-refractivity contribution is -0.132. The Kier molecular flexibility index (Phi) is 4.62. The zero-order chi connectivity index (χ0) is 16.4. The summed E-state index contributed by atoms with van der Waals surface area (Å²) in [5, 5.41) is 0. The minimum absolute atomic E-state index is 0.0648. The molecule has 1 aromatic carbocycles. The average Bonchev–Trinajstić information content (AvgIpc) is 2.86. The number of carbonyl (C=O) groups is 2. The molecule has 6 heteroatoms. The number of amides is 2. The van der Waals surface area contributed by atoms with Gasteiger partial charge in [0, 0.05) is 25.2 Å². The van der Waals surface area contributed by atoms with E-state index in [1.54, 1.807) is 23.9 Å². The van der Waals surface area contributed by atoms with E-state index < -0.39 is 0 Å². The molecular formula is C17H21FN2O2S. The van der Waals surface area contributed by atoms with Gasteiger partial charge >= 0.3 is 0 Å². The van der Waals surface area contributed by atoms with Gasteiger partial charge < -0.3 is 4.90 Å². The molecule has 0 aliphatic carbocycles. The molecule has 1 aromatic rings. The summed E-state index contributed by atoms with van der Waals surface area (Å²) in [6, 6.07) is 6.10. The van der Waals surface area contributed by atoms with Gasteiger partial charge in [0.25, 0.3) is 0 Å². The van der Waals surface area contributed by atoms with Crippen molar-refractivity contribution in [2.75, 3.05) is 23.7 Å². The van der Waals surface area contributed by atoms with Crippen LogP contribution in [0.1, 0.15) is 32.6 Å². The summed E-state index contributed by atoms with van der Waals surface area (Å²) in [6.07, 6.45) is 2.96. The molecule has 0 unspecified atom stereocenters. The second-order valence-electron chi connectivity index (χ2n) is 6.07. The van der Waals surface area contributed by atoms with E-state index >= 15 is 0 Å². The Labute approximate surface area is 140 Å². The molecule has 0 bridgehead atoms. The number of nitrogens with zero attached hydrogens (tertiary/aromatic N) is 2. The quantitative estimate of drug-likeness (QED) is 0.852. The van der Waals surface area contributed by atoms with Crippen molar-refractivity contribution in [3.05, 3.63) is 30.1 Å². The number of thioether (sulfide) groups is 1. The predicted octanol–water partition coefficient (Wildman–Crippen LogP) is 3.02. The van der Waals surface area contributed by atoms with Crippen molar-refractivity contribution in [1.82, 2.24) is 4.90 Å². The molecule has 23 heavy (non-hydrogen) atoms. The van der Waals surface area contributed by atoms with Crippen molar-refractivity contribution >= 4 is 29.3 Å². The van der Waals surface area contributed by atoms with Crippen LogP contribution in [0.15, 0.2) is 24.3 Å². The largest absolute Gasteiger partial charge is 0.342 e. The summed E-state index contributed by atoms with van der Waals surface area (Å²) in [5.41, 5.74) is 0.745. The minimum atomic E-state index is -0.304. The highest BCUT2D eigenvalue weighted by atomic mass is 32.2. The molecule has 2 fully saturated rings. The molecule has 2 amide bonds. The number of hydrogen-bond donors (Lipinski definition) is 0. The summed E-state index contributed by atoms with van der Waals surface area (Å²) < 4.78 is 13.2. The van der Waals surface area contributed by atoms with E-state index in [0.29, 0.717) is 25.3 Å². The third kappa shape index (κ3) is 3.09. The highest BCUT2D eigenvalue weighted by molar-refractivity contribution is 8.02. The van der Waals surface area contributed by atoms with Gasteiger partial charge in [-0.15, -0.1) is 11.8 Å². The maximum absolute atomic E-state index is 13.2. The van der Waals surface area contributed by atoms with Gasteiger partial charge in [0.15, 0.2) is 0 Å². The van der Waals surface area contributed by atoms with Gasteiger partial charge in [-0.2, -0.15) is 0 Å². The number of carbonyl (C=O) groups excluding carboxylic acids is 2. The van der Waals surface area contributed by atoms with Gasteiger partial charge in [-0.3, -0.25) is 14.5 Å². The Morgan fingerprint density at radius 2 is 1.91 bits per heavy atom. The van der Waals surface area contributed by atoms with Crippen LogP contribution in [0.4, 0.5) is 10.1 Å². The Bertz CT molecular complexity index is 597.